The molecule has 0 unspecified atom stereocenters. The molecule has 19 heavy (non-hydrogen) atoms. The second kappa shape index (κ2) is 6.20. The average molecular weight is 260 g/mol. The van der Waals surface area contributed by atoms with Gasteiger partial charge in [-0.05, 0) is 31.2 Å². The third-order valence-corrected chi connectivity index (χ3v) is 4.36. The summed E-state index contributed by atoms with van der Waals surface area (Å²) in [5.41, 5.74) is 7.24. The minimum absolute atomic E-state index is 0.0412. The summed E-state index contributed by atoms with van der Waals surface area (Å²) in [6, 6.07) is 10.3. The van der Waals surface area contributed by atoms with E-state index in [-0.39, 0.29) is 11.9 Å². The molecule has 104 valence electrons. The van der Waals surface area contributed by atoms with Crippen molar-refractivity contribution in [1.82, 2.24) is 4.90 Å². The number of amides is 1. The molecule has 1 saturated heterocycles. The smallest absolute Gasteiger partial charge is 0.222 e. The number of hydrogen-bond donors (Lipinski definition) is 1. The molecule has 3 heteroatoms. The molecule has 0 aliphatic carbocycles. The van der Waals surface area contributed by atoms with Crippen molar-refractivity contribution < 1.29 is 4.79 Å². The van der Waals surface area contributed by atoms with Gasteiger partial charge in [0.05, 0.1) is 0 Å². The maximum Gasteiger partial charge on any atom is 0.222 e. The van der Waals surface area contributed by atoms with Crippen molar-refractivity contribution in [3.63, 3.8) is 0 Å². The Morgan fingerprint density at radius 2 is 2.05 bits per heavy atom. The molecule has 0 spiro atoms. The standard InChI is InChI=1S/C16H24N2O/c1-12-10-11-18(13(12)2)16(19)9-8-15(17)14-6-4-3-5-7-14/h3-7,12-13,15H,8-11,17H2,1-2H3/t12-,13+,15-/m1/s1. The Labute approximate surface area is 115 Å². The zero-order valence-electron chi connectivity index (χ0n) is 11.9. The minimum atomic E-state index is -0.0412. The summed E-state index contributed by atoms with van der Waals surface area (Å²) in [4.78, 5) is 14.2. The average Bonchev–Trinajstić information content (AvgIpc) is 2.77. The Hall–Kier alpha value is -1.35. The van der Waals surface area contributed by atoms with Gasteiger partial charge < -0.3 is 10.6 Å². The van der Waals surface area contributed by atoms with Crippen LogP contribution >= 0.6 is 0 Å². The van der Waals surface area contributed by atoms with Crippen LogP contribution in [0.25, 0.3) is 0 Å². The van der Waals surface area contributed by atoms with Gasteiger partial charge in [-0.2, -0.15) is 0 Å². The van der Waals surface area contributed by atoms with Crippen LogP contribution in [0.3, 0.4) is 0 Å². The van der Waals surface area contributed by atoms with Crippen LogP contribution in [0.2, 0.25) is 0 Å². The summed E-state index contributed by atoms with van der Waals surface area (Å²) in [6.45, 7) is 5.27. The molecule has 2 N–H and O–H groups in total. The summed E-state index contributed by atoms with van der Waals surface area (Å²) >= 11 is 0. The van der Waals surface area contributed by atoms with Crippen molar-refractivity contribution in [2.45, 2.75) is 45.2 Å². The van der Waals surface area contributed by atoms with Crippen LogP contribution in [0.1, 0.15) is 44.7 Å². The highest BCUT2D eigenvalue weighted by Gasteiger charge is 2.30. The molecule has 0 aromatic heterocycles. The van der Waals surface area contributed by atoms with Crippen molar-refractivity contribution in [2.75, 3.05) is 6.54 Å². The van der Waals surface area contributed by atoms with Crippen LogP contribution in [0.5, 0.6) is 0 Å². The van der Waals surface area contributed by atoms with E-state index in [2.05, 4.69) is 13.8 Å². The van der Waals surface area contributed by atoms with E-state index in [1.54, 1.807) is 0 Å². The van der Waals surface area contributed by atoms with E-state index in [0.29, 0.717) is 18.4 Å². The number of hydrogen-bond acceptors (Lipinski definition) is 2. The number of benzene rings is 1. The highest BCUT2D eigenvalue weighted by Crippen LogP contribution is 2.25. The SMILES string of the molecule is C[C@@H]1CCN(C(=O)CC[C@@H](N)c2ccccc2)[C@H]1C. The Morgan fingerprint density at radius 3 is 2.63 bits per heavy atom. The van der Waals surface area contributed by atoms with E-state index in [4.69, 9.17) is 5.73 Å². The predicted octanol–water partition coefficient (Wildman–Crippen LogP) is 2.72. The third kappa shape index (κ3) is 3.35. The van der Waals surface area contributed by atoms with Crippen LogP contribution in [0.4, 0.5) is 0 Å². The number of likely N-dealkylation sites (tertiary alicyclic amines) is 1. The Balaban J connectivity index is 1.84. The Morgan fingerprint density at radius 1 is 1.37 bits per heavy atom. The fourth-order valence-corrected chi connectivity index (χ4v) is 2.74. The van der Waals surface area contributed by atoms with Crippen LogP contribution < -0.4 is 5.73 Å². The zero-order chi connectivity index (χ0) is 13.8. The molecule has 3 nitrogen and oxygen atoms in total. The van der Waals surface area contributed by atoms with Crippen molar-refractivity contribution in [1.29, 1.82) is 0 Å². The topological polar surface area (TPSA) is 46.3 Å². The van der Waals surface area contributed by atoms with Gasteiger partial charge in [-0.3, -0.25) is 4.79 Å². The lowest BCUT2D eigenvalue weighted by molar-refractivity contribution is -0.132. The van der Waals surface area contributed by atoms with E-state index in [1.165, 1.54) is 0 Å². The first-order chi connectivity index (χ1) is 9.09. The molecule has 1 amide bonds. The van der Waals surface area contributed by atoms with Gasteiger partial charge in [0.25, 0.3) is 0 Å². The van der Waals surface area contributed by atoms with Gasteiger partial charge in [0.15, 0.2) is 0 Å². The van der Waals surface area contributed by atoms with Gasteiger partial charge in [-0.1, -0.05) is 37.3 Å². The molecule has 1 aliphatic rings. The Bertz CT molecular complexity index is 418. The fraction of sp³-hybridized carbons (Fsp3) is 0.562. The summed E-state index contributed by atoms with van der Waals surface area (Å²) < 4.78 is 0. The maximum atomic E-state index is 12.2. The number of nitrogens with zero attached hydrogens (tertiary/aromatic N) is 1. The number of rotatable bonds is 4. The van der Waals surface area contributed by atoms with Crippen LogP contribution in [0, 0.1) is 5.92 Å². The molecule has 3 atom stereocenters. The highest BCUT2D eigenvalue weighted by molar-refractivity contribution is 5.76. The number of carbonyl (C=O) groups is 1. The normalized spacial score (nSPS) is 24.5. The van der Waals surface area contributed by atoms with E-state index >= 15 is 0 Å². The second-order valence-corrected chi connectivity index (χ2v) is 5.65. The number of nitrogens with two attached hydrogens (primary N) is 1. The molecule has 1 aliphatic heterocycles. The van der Waals surface area contributed by atoms with Crippen LogP contribution in [-0.2, 0) is 4.79 Å². The minimum Gasteiger partial charge on any atom is -0.340 e. The molecular weight excluding hydrogens is 236 g/mol. The van der Waals surface area contributed by atoms with Crippen molar-refractivity contribution >= 4 is 5.91 Å². The summed E-state index contributed by atoms with van der Waals surface area (Å²) in [7, 11) is 0. The molecule has 0 saturated carbocycles. The molecular formula is C16H24N2O. The van der Waals surface area contributed by atoms with Crippen molar-refractivity contribution in [2.24, 2.45) is 11.7 Å². The number of carbonyl (C=O) groups excluding carboxylic acids is 1. The van der Waals surface area contributed by atoms with E-state index in [1.807, 2.05) is 35.2 Å². The molecule has 0 bridgehead atoms. The summed E-state index contributed by atoms with van der Waals surface area (Å²) in [5.74, 6) is 0.870. The van der Waals surface area contributed by atoms with Gasteiger partial charge in [0.2, 0.25) is 5.91 Å². The lowest BCUT2D eigenvalue weighted by atomic mass is 10.0. The third-order valence-electron chi connectivity index (χ3n) is 4.36. The summed E-state index contributed by atoms with van der Waals surface area (Å²) in [6.07, 6.45) is 2.39. The van der Waals surface area contributed by atoms with Gasteiger partial charge in [-0.25, -0.2) is 0 Å². The quantitative estimate of drug-likeness (QED) is 0.904. The first-order valence-electron chi connectivity index (χ1n) is 7.19. The molecule has 1 heterocycles. The van der Waals surface area contributed by atoms with Gasteiger partial charge in [0.1, 0.15) is 0 Å². The largest absolute Gasteiger partial charge is 0.340 e. The van der Waals surface area contributed by atoms with E-state index in [9.17, 15) is 4.79 Å². The first kappa shape index (κ1) is 14.1. The zero-order valence-corrected chi connectivity index (χ0v) is 11.9. The van der Waals surface area contributed by atoms with E-state index < -0.39 is 0 Å². The van der Waals surface area contributed by atoms with Crippen LogP contribution in [0.15, 0.2) is 30.3 Å². The van der Waals surface area contributed by atoms with Crippen LogP contribution in [-0.4, -0.2) is 23.4 Å². The predicted molar refractivity (Wildman–Crippen MR) is 77.6 cm³/mol. The first-order valence-corrected chi connectivity index (χ1v) is 7.19. The highest BCUT2D eigenvalue weighted by atomic mass is 16.2. The molecule has 1 fully saturated rings. The lowest BCUT2D eigenvalue weighted by Crippen LogP contribution is -2.35. The Kier molecular flexibility index (Phi) is 4.59. The molecule has 1 aromatic rings. The lowest BCUT2D eigenvalue weighted by Gasteiger charge is -2.24. The van der Waals surface area contributed by atoms with Gasteiger partial charge in [-0.15, -0.1) is 0 Å². The maximum absolute atomic E-state index is 12.2. The molecule has 0 radical (unpaired) electrons. The van der Waals surface area contributed by atoms with Gasteiger partial charge in [0, 0.05) is 25.0 Å². The second-order valence-electron chi connectivity index (χ2n) is 5.65. The molecule has 1 aromatic carbocycles. The molecule has 2 rings (SSSR count). The van der Waals surface area contributed by atoms with Crippen molar-refractivity contribution in [3.8, 4) is 0 Å². The van der Waals surface area contributed by atoms with Gasteiger partial charge >= 0.3 is 0 Å². The van der Waals surface area contributed by atoms with E-state index in [0.717, 1.165) is 24.9 Å². The fourth-order valence-electron chi connectivity index (χ4n) is 2.74. The monoisotopic (exact) mass is 260 g/mol. The summed E-state index contributed by atoms with van der Waals surface area (Å²) in [5, 5.41) is 0. The van der Waals surface area contributed by atoms with Crippen molar-refractivity contribution in [3.05, 3.63) is 35.9 Å².